The fraction of sp³-hybridized carbons (Fsp3) is 0.462. The van der Waals surface area contributed by atoms with Crippen molar-refractivity contribution in [1.29, 1.82) is 5.26 Å². The van der Waals surface area contributed by atoms with Crippen molar-refractivity contribution in [3.63, 3.8) is 0 Å². The van der Waals surface area contributed by atoms with E-state index in [9.17, 15) is 23.9 Å². The van der Waals surface area contributed by atoms with Gasteiger partial charge in [0.05, 0.1) is 27.7 Å². The Kier molecular flexibility index (Phi) is 9.09. The van der Waals surface area contributed by atoms with Crippen LogP contribution in [0.15, 0.2) is 35.5 Å². The second-order valence-corrected chi connectivity index (χ2v) is 17.4. The molecule has 1 saturated heterocycles. The molecule has 0 aliphatic carbocycles. The van der Waals surface area contributed by atoms with Crippen LogP contribution in [0.25, 0.3) is 22.2 Å². The second kappa shape index (κ2) is 12.3. The lowest BCUT2D eigenvalue weighted by Crippen LogP contribution is -2.44. The normalized spacial score (nSPS) is 16.0. The molecule has 0 radical (unpaired) electrons. The van der Waals surface area contributed by atoms with Crippen LogP contribution in [0.2, 0.25) is 25.7 Å². The van der Waals surface area contributed by atoms with Crippen LogP contribution in [0, 0.1) is 11.3 Å². The van der Waals surface area contributed by atoms with Gasteiger partial charge in [0.25, 0.3) is 5.76 Å². The predicted molar refractivity (Wildman–Crippen MR) is 150 cm³/mol. The molecular formula is C26H32F2N6O3SSi. The predicted octanol–water partition coefficient (Wildman–Crippen LogP) is 6.15. The van der Waals surface area contributed by atoms with Gasteiger partial charge in [-0.1, -0.05) is 37.5 Å². The van der Waals surface area contributed by atoms with E-state index in [1.807, 2.05) is 10.8 Å². The van der Waals surface area contributed by atoms with E-state index < -0.39 is 19.9 Å². The largest absolute Gasteiger partial charge is 0.465 e. The second-order valence-electron chi connectivity index (χ2n) is 10.7. The molecule has 4 rings (SSSR count). The average molecular weight is 575 g/mol. The van der Waals surface area contributed by atoms with Crippen molar-refractivity contribution in [3.8, 4) is 17.3 Å². The molecule has 1 aliphatic rings. The lowest BCUT2D eigenvalue weighted by atomic mass is 10.1. The van der Waals surface area contributed by atoms with Crippen molar-refractivity contribution in [2.45, 2.75) is 62.0 Å². The van der Waals surface area contributed by atoms with Gasteiger partial charge in [0.15, 0.2) is 0 Å². The number of fused-ring (bicyclic) bond motifs is 1. The number of amides is 1. The Morgan fingerprint density at radius 2 is 2.18 bits per heavy atom. The first-order valence-electron chi connectivity index (χ1n) is 12.7. The quantitative estimate of drug-likeness (QED) is 0.168. The molecule has 0 bridgehead atoms. The number of carbonyl (C=O) groups is 1. The number of piperidine rings is 1. The van der Waals surface area contributed by atoms with E-state index in [2.05, 4.69) is 41.0 Å². The Labute approximate surface area is 231 Å². The van der Waals surface area contributed by atoms with Crippen LogP contribution >= 0.6 is 11.8 Å². The smallest absolute Gasteiger partial charge is 0.407 e. The summed E-state index contributed by atoms with van der Waals surface area (Å²) in [5.41, 5.74) is 2.16. The van der Waals surface area contributed by atoms with Crippen molar-refractivity contribution >= 4 is 42.8 Å². The molecular weight excluding hydrogens is 542 g/mol. The zero-order chi connectivity index (χ0) is 28.2. The summed E-state index contributed by atoms with van der Waals surface area (Å²) in [4.78, 5) is 21.9. The molecule has 2 aromatic heterocycles. The highest BCUT2D eigenvalue weighted by Gasteiger charge is 2.25. The monoisotopic (exact) mass is 574 g/mol. The lowest BCUT2D eigenvalue weighted by Gasteiger charge is -2.31. The number of benzene rings is 1. The van der Waals surface area contributed by atoms with E-state index in [0.29, 0.717) is 48.2 Å². The summed E-state index contributed by atoms with van der Waals surface area (Å²) in [6.07, 6.45) is 3.64. The highest BCUT2D eigenvalue weighted by atomic mass is 32.2. The number of nitrogens with one attached hydrogen (secondary N) is 1. The van der Waals surface area contributed by atoms with Crippen molar-refractivity contribution < 1.29 is 23.4 Å². The summed E-state index contributed by atoms with van der Waals surface area (Å²) in [6, 6.07) is 8.18. The summed E-state index contributed by atoms with van der Waals surface area (Å²) in [5.74, 6) is -2.43. The molecule has 0 unspecified atom stereocenters. The number of nitriles is 1. The molecule has 9 nitrogen and oxygen atoms in total. The Balaban J connectivity index is 1.70. The van der Waals surface area contributed by atoms with E-state index in [4.69, 9.17) is 4.74 Å². The maximum Gasteiger partial charge on any atom is 0.407 e. The first-order chi connectivity index (χ1) is 18.5. The molecule has 1 atom stereocenters. The number of nitrogens with zero attached hydrogens (tertiary/aromatic N) is 5. The van der Waals surface area contributed by atoms with Crippen LogP contribution in [0.3, 0.4) is 0 Å². The number of carboxylic acid groups (broad SMARTS) is 1. The Hall–Kier alpha value is -3.21. The first-order valence-corrected chi connectivity index (χ1v) is 17.3. The minimum absolute atomic E-state index is 0.199. The minimum Gasteiger partial charge on any atom is -0.465 e. The number of ether oxygens (including phenoxy) is 1. The number of hydrogen-bond donors (Lipinski definition) is 2. The van der Waals surface area contributed by atoms with Gasteiger partial charge in [0.2, 0.25) is 5.95 Å². The molecule has 1 aliphatic heterocycles. The van der Waals surface area contributed by atoms with Gasteiger partial charge in [-0.05, 0) is 31.0 Å². The van der Waals surface area contributed by atoms with Crippen molar-refractivity contribution in [2.24, 2.45) is 0 Å². The SMILES string of the molecule is C[Si](C)(C)CCOCn1cc(-c2nc(N[C@H]3CCCN(C(=O)O)C3)ncc2SC(F)F)c2ccc(C#N)cc21. The standard InChI is InChI=1S/C26H32F2N6O3SSi/c1-39(2,3)10-9-37-16-34-15-20(19-7-6-17(12-29)11-21(19)34)23-22(38-24(27)28)13-30-25(32-23)31-18-5-4-8-33(14-18)26(35)36/h6-7,11,13,15,18,24H,4-5,8-10,14,16H2,1-3H3,(H,35,36)(H,30,31,32)/t18-/m0/s1. The van der Waals surface area contributed by atoms with Gasteiger partial charge in [-0.3, -0.25) is 0 Å². The van der Waals surface area contributed by atoms with Crippen LogP contribution in [0.1, 0.15) is 18.4 Å². The highest BCUT2D eigenvalue weighted by Crippen LogP contribution is 2.38. The number of aromatic nitrogens is 3. The van der Waals surface area contributed by atoms with Crippen LogP contribution in [-0.2, 0) is 11.5 Å². The number of rotatable bonds is 10. The number of halogens is 2. The third-order valence-electron chi connectivity index (χ3n) is 6.49. The van der Waals surface area contributed by atoms with Gasteiger partial charge < -0.3 is 24.6 Å². The van der Waals surface area contributed by atoms with Gasteiger partial charge in [0.1, 0.15) is 6.73 Å². The molecule has 3 aromatic rings. The molecule has 39 heavy (non-hydrogen) atoms. The van der Waals surface area contributed by atoms with Gasteiger partial charge in [-0.15, -0.1) is 0 Å². The van der Waals surface area contributed by atoms with Crippen molar-refractivity contribution in [3.05, 3.63) is 36.2 Å². The van der Waals surface area contributed by atoms with Crippen LogP contribution in [0.5, 0.6) is 0 Å². The fourth-order valence-corrected chi connectivity index (χ4v) is 5.79. The Morgan fingerprint density at radius 3 is 2.87 bits per heavy atom. The van der Waals surface area contributed by atoms with Gasteiger partial charge in [-0.2, -0.15) is 14.0 Å². The van der Waals surface area contributed by atoms with E-state index >= 15 is 0 Å². The van der Waals surface area contributed by atoms with E-state index in [-0.39, 0.29) is 30.2 Å². The molecule has 3 heterocycles. The molecule has 1 fully saturated rings. The van der Waals surface area contributed by atoms with E-state index in [1.165, 1.54) is 11.1 Å². The molecule has 1 aromatic carbocycles. The molecule has 0 saturated carbocycles. The van der Waals surface area contributed by atoms with E-state index in [1.54, 1.807) is 18.2 Å². The van der Waals surface area contributed by atoms with Crippen molar-refractivity contribution in [1.82, 2.24) is 19.4 Å². The van der Waals surface area contributed by atoms with Gasteiger partial charge in [0, 0.05) is 57.2 Å². The topological polar surface area (TPSA) is 116 Å². The molecule has 208 valence electrons. The Morgan fingerprint density at radius 1 is 1.38 bits per heavy atom. The Bertz CT molecular complexity index is 1370. The number of alkyl halides is 2. The average Bonchev–Trinajstić information content (AvgIpc) is 3.24. The molecule has 1 amide bonds. The number of thioether (sulfide) groups is 1. The first kappa shape index (κ1) is 28.8. The zero-order valence-corrected chi connectivity index (χ0v) is 24.0. The van der Waals surface area contributed by atoms with E-state index in [0.717, 1.165) is 23.4 Å². The van der Waals surface area contributed by atoms with Gasteiger partial charge >= 0.3 is 6.09 Å². The van der Waals surface area contributed by atoms with Crippen LogP contribution < -0.4 is 5.32 Å². The fourth-order valence-electron chi connectivity index (χ4n) is 4.47. The number of likely N-dealkylation sites (tertiary alicyclic amines) is 1. The summed E-state index contributed by atoms with van der Waals surface area (Å²) in [7, 11) is -1.28. The lowest BCUT2D eigenvalue weighted by molar-refractivity contribution is 0.0903. The van der Waals surface area contributed by atoms with Crippen LogP contribution in [-0.4, -0.2) is 70.2 Å². The third kappa shape index (κ3) is 7.46. The zero-order valence-electron chi connectivity index (χ0n) is 22.2. The number of anilines is 1. The van der Waals surface area contributed by atoms with Crippen LogP contribution in [0.4, 0.5) is 19.5 Å². The maximum atomic E-state index is 13.5. The molecule has 2 N–H and O–H groups in total. The summed E-state index contributed by atoms with van der Waals surface area (Å²) in [5, 5.41) is 22.8. The van der Waals surface area contributed by atoms with Gasteiger partial charge in [-0.25, -0.2) is 14.8 Å². The number of hydrogen-bond acceptors (Lipinski definition) is 7. The van der Waals surface area contributed by atoms with Crippen molar-refractivity contribution in [2.75, 3.05) is 25.0 Å². The maximum absolute atomic E-state index is 13.5. The highest BCUT2D eigenvalue weighted by molar-refractivity contribution is 7.99. The minimum atomic E-state index is -2.67. The summed E-state index contributed by atoms with van der Waals surface area (Å²) >= 11 is 0.368. The summed E-state index contributed by atoms with van der Waals surface area (Å²) in [6.45, 7) is 8.42. The molecule has 13 heteroatoms. The molecule has 0 spiro atoms. The third-order valence-corrected chi connectivity index (χ3v) is 8.92. The summed E-state index contributed by atoms with van der Waals surface area (Å²) < 4.78 is 34.8.